The zero-order valence-electron chi connectivity index (χ0n) is 12.5. The molecule has 1 heterocycles. The average Bonchev–Trinajstić information content (AvgIpc) is 2.51. The van der Waals surface area contributed by atoms with E-state index >= 15 is 0 Å². The third-order valence-corrected chi connectivity index (χ3v) is 4.96. The van der Waals surface area contributed by atoms with Crippen molar-refractivity contribution in [3.63, 3.8) is 0 Å². The van der Waals surface area contributed by atoms with E-state index in [4.69, 9.17) is 46.4 Å². The van der Waals surface area contributed by atoms with Crippen LogP contribution in [0.15, 0.2) is 0 Å². The summed E-state index contributed by atoms with van der Waals surface area (Å²) in [5.74, 6) is 0. The predicted molar refractivity (Wildman–Crippen MR) is 96.3 cm³/mol. The first-order valence-electron chi connectivity index (χ1n) is 7.52. The molecule has 0 aromatic rings. The first-order chi connectivity index (χ1) is 10.6. The van der Waals surface area contributed by atoms with Gasteiger partial charge in [0.1, 0.15) is 22.0 Å². The van der Waals surface area contributed by atoms with Crippen molar-refractivity contribution in [3.8, 4) is 0 Å². The Labute approximate surface area is 152 Å². The number of halogens is 4. The Morgan fingerprint density at radius 2 is 0.636 bits per heavy atom. The maximum atomic E-state index is 6.17. The molecule has 4 unspecified atom stereocenters. The number of nitrogens with one attached hydrogen (secondary N) is 6. The molecule has 0 saturated carbocycles. The number of rotatable bonds is 0. The summed E-state index contributed by atoms with van der Waals surface area (Å²) in [6.45, 7) is 6.14. The van der Waals surface area contributed by atoms with E-state index < -0.39 is 0 Å². The van der Waals surface area contributed by atoms with Crippen LogP contribution in [0.3, 0.4) is 0 Å². The van der Waals surface area contributed by atoms with Gasteiger partial charge in [0, 0.05) is 52.4 Å². The molecule has 0 amide bonds. The monoisotopic (exact) mass is 394 g/mol. The molecule has 22 heavy (non-hydrogen) atoms. The molecule has 0 aromatic heterocycles. The zero-order chi connectivity index (χ0) is 16.2. The SMILES string of the molecule is ClC1NCCNCCNC(Cl)C(Cl)NCCNCCNC1Cl. The summed E-state index contributed by atoms with van der Waals surface area (Å²) in [6.07, 6.45) is 0. The van der Waals surface area contributed by atoms with Gasteiger partial charge in [0.25, 0.3) is 0 Å². The molecule has 1 fully saturated rings. The third-order valence-electron chi connectivity index (χ3n) is 3.08. The van der Waals surface area contributed by atoms with E-state index in [-0.39, 0.29) is 22.0 Å². The Balaban J connectivity index is 2.31. The van der Waals surface area contributed by atoms with E-state index in [1.54, 1.807) is 0 Å². The van der Waals surface area contributed by atoms with Crippen LogP contribution in [0.4, 0.5) is 0 Å². The van der Waals surface area contributed by atoms with Gasteiger partial charge in [-0.3, -0.25) is 21.3 Å². The summed E-state index contributed by atoms with van der Waals surface area (Å²) in [7, 11) is 0. The molecule has 1 aliphatic rings. The lowest BCUT2D eigenvalue weighted by Gasteiger charge is -2.21. The van der Waals surface area contributed by atoms with Gasteiger partial charge in [-0.25, -0.2) is 0 Å². The third kappa shape index (κ3) is 9.93. The van der Waals surface area contributed by atoms with Crippen molar-refractivity contribution >= 4 is 46.4 Å². The highest BCUT2D eigenvalue weighted by molar-refractivity contribution is 6.30. The summed E-state index contributed by atoms with van der Waals surface area (Å²) in [6, 6.07) is 0. The predicted octanol–water partition coefficient (Wildman–Crippen LogP) is -0.203. The Hall–Kier alpha value is 0.920. The van der Waals surface area contributed by atoms with E-state index in [1.807, 2.05) is 0 Å². The van der Waals surface area contributed by atoms with Crippen molar-refractivity contribution in [2.75, 3.05) is 52.4 Å². The molecule has 10 heteroatoms. The Morgan fingerprint density at radius 3 is 0.864 bits per heavy atom. The van der Waals surface area contributed by atoms with E-state index in [2.05, 4.69) is 31.9 Å². The van der Waals surface area contributed by atoms with Crippen molar-refractivity contribution in [2.24, 2.45) is 0 Å². The molecule has 1 rings (SSSR count). The molecule has 0 radical (unpaired) electrons. The molecule has 0 aromatic carbocycles. The zero-order valence-corrected chi connectivity index (χ0v) is 15.5. The van der Waals surface area contributed by atoms with Crippen LogP contribution in [0.25, 0.3) is 0 Å². The Kier molecular flexibility index (Phi) is 12.6. The van der Waals surface area contributed by atoms with Crippen LogP contribution in [0.2, 0.25) is 0 Å². The smallest absolute Gasteiger partial charge is 0.112 e. The van der Waals surface area contributed by atoms with Crippen molar-refractivity contribution in [2.45, 2.75) is 22.0 Å². The maximum Gasteiger partial charge on any atom is 0.112 e. The molecule has 4 atom stereocenters. The molecule has 1 saturated heterocycles. The molecule has 132 valence electrons. The van der Waals surface area contributed by atoms with Crippen LogP contribution in [-0.4, -0.2) is 74.4 Å². The van der Waals surface area contributed by atoms with Gasteiger partial charge in [-0.05, 0) is 0 Å². The molecular weight excluding hydrogens is 370 g/mol. The quantitative estimate of drug-likeness (QED) is 0.252. The first kappa shape index (κ1) is 21.0. The van der Waals surface area contributed by atoms with Gasteiger partial charge >= 0.3 is 0 Å². The molecule has 0 bridgehead atoms. The van der Waals surface area contributed by atoms with Crippen LogP contribution in [0, 0.1) is 0 Å². The second kappa shape index (κ2) is 13.2. The van der Waals surface area contributed by atoms with Crippen LogP contribution < -0.4 is 31.9 Å². The Morgan fingerprint density at radius 1 is 0.409 bits per heavy atom. The van der Waals surface area contributed by atoms with Gasteiger partial charge in [0.05, 0.1) is 0 Å². The summed E-state index contributed by atoms with van der Waals surface area (Å²) in [5.41, 5.74) is -1.25. The fourth-order valence-electron chi connectivity index (χ4n) is 1.86. The fraction of sp³-hybridized carbons (Fsp3) is 1.00. The second-order valence-electron chi connectivity index (χ2n) is 4.92. The summed E-state index contributed by atoms with van der Waals surface area (Å²) in [4.78, 5) is 0. The van der Waals surface area contributed by atoms with E-state index in [1.165, 1.54) is 0 Å². The van der Waals surface area contributed by atoms with Gasteiger partial charge in [-0.1, -0.05) is 0 Å². The summed E-state index contributed by atoms with van der Waals surface area (Å²) in [5, 5.41) is 19.2. The van der Waals surface area contributed by atoms with Crippen LogP contribution in [0.1, 0.15) is 0 Å². The van der Waals surface area contributed by atoms with Crippen LogP contribution in [0.5, 0.6) is 0 Å². The molecule has 0 aliphatic carbocycles. The van der Waals surface area contributed by atoms with E-state index in [0.29, 0.717) is 0 Å². The molecule has 0 spiro atoms. The minimum absolute atomic E-state index is 0.314. The van der Waals surface area contributed by atoms with Gasteiger partial charge in [0.15, 0.2) is 0 Å². The van der Waals surface area contributed by atoms with Gasteiger partial charge in [0.2, 0.25) is 0 Å². The van der Waals surface area contributed by atoms with Gasteiger partial charge in [-0.15, -0.1) is 46.4 Å². The lowest BCUT2D eigenvalue weighted by molar-refractivity contribution is 0.486. The molecule has 6 N–H and O–H groups in total. The van der Waals surface area contributed by atoms with Crippen molar-refractivity contribution < 1.29 is 0 Å². The number of hydrogen-bond acceptors (Lipinski definition) is 6. The van der Waals surface area contributed by atoms with Crippen molar-refractivity contribution in [1.82, 2.24) is 31.9 Å². The lowest BCUT2D eigenvalue weighted by Crippen LogP contribution is -2.47. The highest BCUT2D eigenvalue weighted by atomic mass is 35.5. The highest BCUT2D eigenvalue weighted by Gasteiger charge is 2.16. The average molecular weight is 396 g/mol. The first-order valence-corrected chi connectivity index (χ1v) is 9.27. The topological polar surface area (TPSA) is 72.2 Å². The maximum absolute atomic E-state index is 6.17. The Bertz CT molecular complexity index is 226. The number of alkyl halides is 4. The van der Waals surface area contributed by atoms with Crippen molar-refractivity contribution in [1.29, 1.82) is 0 Å². The molecular formula is C12H26Cl4N6. The normalized spacial score (nSPS) is 35.5. The van der Waals surface area contributed by atoms with E-state index in [9.17, 15) is 0 Å². The summed E-state index contributed by atoms with van der Waals surface area (Å²) < 4.78 is 0. The van der Waals surface area contributed by atoms with E-state index in [0.717, 1.165) is 52.4 Å². The minimum Gasteiger partial charge on any atom is -0.314 e. The number of hydrogen-bond donors (Lipinski definition) is 6. The van der Waals surface area contributed by atoms with Crippen LogP contribution >= 0.6 is 46.4 Å². The fourth-order valence-corrected chi connectivity index (χ4v) is 2.65. The van der Waals surface area contributed by atoms with Crippen LogP contribution in [-0.2, 0) is 0 Å². The molecule has 1 aliphatic heterocycles. The van der Waals surface area contributed by atoms with Gasteiger partial charge in [-0.2, -0.15) is 0 Å². The second-order valence-corrected chi connectivity index (χ2v) is 6.80. The largest absolute Gasteiger partial charge is 0.314 e. The highest BCUT2D eigenvalue weighted by Crippen LogP contribution is 2.04. The standard InChI is InChI=1S/C12H26Cl4N6/c13-9-10(14)21-7-3-18-4-8-22-12(16)11(15)20-6-2-17-1-5-19-9/h9-12,17-22H,1-8H2. The summed E-state index contributed by atoms with van der Waals surface area (Å²) >= 11 is 24.7. The lowest BCUT2D eigenvalue weighted by atomic mass is 10.4. The van der Waals surface area contributed by atoms with Gasteiger partial charge < -0.3 is 10.6 Å². The van der Waals surface area contributed by atoms with Crippen molar-refractivity contribution in [3.05, 3.63) is 0 Å². The minimum atomic E-state index is -0.314. The molecule has 6 nitrogen and oxygen atoms in total.